The molecule has 0 aromatic heterocycles. The lowest BCUT2D eigenvalue weighted by molar-refractivity contribution is -0.682. The summed E-state index contributed by atoms with van der Waals surface area (Å²) in [5, 5.41) is 2.57. The van der Waals surface area contributed by atoms with E-state index in [-0.39, 0.29) is 24.4 Å². The van der Waals surface area contributed by atoms with Gasteiger partial charge in [-0.15, -0.1) is 0 Å². The van der Waals surface area contributed by atoms with Crippen molar-refractivity contribution in [3.63, 3.8) is 0 Å². The van der Waals surface area contributed by atoms with E-state index in [0.29, 0.717) is 10.6 Å². The standard InChI is InChI=1S/C21H27ClN4O2/c1-4-26(5-2)19-12-8-17(9-13-19)21(28)25-24-20(27)14-23-15(3)16-6-10-18(22)11-7-16/h6-13,15,23H,4-5,14H2,1-3H3,(H,24,27)(H,25,28)/p+1/t15-/m1/s1. The van der Waals surface area contributed by atoms with E-state index in [0.717, 1.165) is 24.3 Å². The number of hydrazine groups is 1. The van der Waals surface area contributed by atoms with Gasteiger partial charge < -0.3 is 10.2 Å². The highest BCUT2D eigenvalue weighted by Crippen LogP contribution is 2.15. The number of carbonyl (C=O) groups is 2. The number of hydrogen-bond donors (Lipinski definition) is 3. The Morgan fingerprint density at radius 1 is 1.00 bits per heavy atom. The van der Waals surface area contributed by atoms with Crippen LogP contribution in [0.1, 0.15) is 42.7 Å². The first-order valence-corrected chi connectivity index (χ1v) is 9.85. The van der Waals surface area contributed by atoms with Gasteiger partial charge >= 0.3 is 0 Å². The molecule has 0 fully saturated rings. The Morgan fingerprint density at radius 2 is 1.61 bits per heavy atom. The summed E-state index contributed by atoms with van der Waals surface area (Å²) < 4.78 is 0. The second-order valence-electron chi connectivity index (χ2n) is 6.50. The lowest BCUT2D eigenvalue weighted by atomic mass is 10.1. The number of carbonyl (C=O) groups excluding carboxylic acids is 2. The summed E-state index contributed by atoms with van der Waals surface area (Å²) in [4.78, 5) is 26.4. The van der Waals surface area contributed by atoms with Crippen molar-refractivity contribution in [3.05, 3.63) is 64.7 Å². The first-order chi connectivity index (χ1) is 13.4. The highest BCUT2D eigenvalue weighted by molar-refractivity contribution is 6.30. The van der Waals surface area contributed by atoms with Crippen molar-refractivity contribution < 1.29 is 14.9 Å². The van der Waals surface area contributed by atoms with Crippen molar-refractivity contribution >= 4 is 29.1 Å². The van der Waals surface area contributed by atoms with E-state index in [1.807, 2.05) is 48.6 Å². The molecule has 2 amide bonds. The molecule has 0 aliphatic heterocycles. The molecule has 4 N–H and O–H groups in total. The van der Waals surface area contributed by atoms with Crippen LogP contribution in [0.5, 0.6) is 0 Å². The molecule has 0 radical (unpaired) electrons. The predicted octanol–water partition coefficient (Wildman–Crippen LogP) is 2.27. The third-order valence-electron chi connectivity index (χ3n) is 4.63. The minimum atomic E-state index is -0.342. The molecule has 28 heavy (non-hydrogen) atoms. The Balaban J connectivity index is 1.78. The second-order valence-corrected chi connectivity index (χ2v) is 6.94. The van der Waals surface area contributed by atoms with Gasteiger partial charge in [0.2, 0.25) is 0 Å². The predicted molar refractivity (Wildman–Crippen MR) is 112 cm³/mol. The van der Waals surface area contributed by atoms with Gasteiger partial charge in [0.25, 0.3) is 11.8 Å². The molecule has 2 aromatic carbocycles. The van der Waals surface area contributed by atoms with Gasteiger partial charge in [0.1, 0.15) is 6.04 Å². The van der Waals surface area contributed by atoms with Crippen LogP contribution in [-0.4, -0.2) is 31.4 Å². The van der Waals surface area contributed by atoms with E-state index < -0.39 is 0 Å². The first kappa shape index (κ1) is 21.7. The molecule has 1 atom stereocenters. The van der Waals surface area contributed by atoms with Gasteiger partial charge in [-0.05, 0) is 57.2 Å². The van der Waals surface area contributed by atoms with Crippen molar-refractivity contribution in [2.75, 3.05) is 24.5 Å². The average Bonchev–Trinajstić information content (AvgIpc) is 2.72. The van der Waals surface area contributed by atoms with Crippen LogP contribution in [0.3, 0.4) is 0 Å². The molecule has 0 saturated heterocycles. The summed E-state index contributed by atoms with van der Waals surface area (Å²) in [5.41, 5.74) is 7.55. The van der Waals surface area contributed by atoms with Crippen LogP contribution in [0, 0.1) is 0 Å². The zero-order chi connectivity index (χ0) is 20.5. The van der Waals surface area contributed by atoms with E-state index in [4.69, 9.17) is 11.6 Å². The molecule has 0 spiro atoms. The number of hydrogen-bond acceptors (Lipinski definition) is 3. The SMILES string of the molecule is CCN(CC)c1ccc(C(=O)NNC(=O)C[NH2+][C@H](C)c2ccc(Cl)cc2)cc1. The number of nitrogens with zero attached hydrogens (tertiary/aromatic N) is 1. The van der Waals surface area contributed by atoms with Gasteiger partial charge in [-0.25, -0.2) is 0 Å². The van der Waals surface area contributed by atoms with E-state index in [2.05, 4.69) is 29.6 Å². The Labute approximate surface area is 171 Å². The molecule has 150 valence electrons. The molecule has 6 nitrogen and oxygen atoms in total. The van der Waals surface area contributed by atoms with E-state index in [1.165, 1.54) is 0 Å². The largest absolute Gasteiger partial charge is 0.372 e. The maximum absolute atomic E-state index is 12.2. The summed E-state index contributed by atoms with van der Waals surface area (Å²) >= 11 is 5.89. The highest BCUT2D eigenvalue weighted by Gasteiger charge is 2.13. The van der Waals surface area contributed by atoms with Crippen molar-refractivity contribution in [1.29, 1.82) is 0 Å². The van der Waals surface area contributed by atoms with Crippen LogP contribution in [0.4, 0.5) is 5.69 Å². The molecule has 2 aromatic rings. The Hall–Kier alpha value is -2.57. The average molecular weight is 404 g/mol. The number of rotatable bonds is 8. The monoisotopic (exact) mass is 403 g/mol. The number of nitrogens with two attached hydrogens (primary N) is 1. The van der Waals surface area contributed by atoms with Crippen LogP contribution in [0.25, 0.3) is 0 Å². The number of amides is 2. The molecule has 0 saturated carbocycles. The van der Waals surface area contributed by atoms with Crippen LogP contribution >= 0.6 is 11.6 Å². The van der Waals surface area contributed by atoms with Crippen LogP contribution in [-0.2, 0) is 4.79 Å². The third-order valence-corrected chi connectivity index (χ3v) is 4.88. The van der Waals surface area contributed by atoms with E-state index in [1.54, 1.807) is 12.1 Å². The fraction of sp³-hybridized carbons (Fsp3) is 0.333. The summed E-state index contributed by atoms with van der Waals surface area (Å²) in [6.07, 6.45) is 0. The molecule has 0 heterocycles. The van der Waals surface area contributed by atoms with Gasteiger partial charge in [0, 0.05) is 34.9 Å². The number of anilines is 1. The number of benzene rings is 2. The second kappa shape index (κ2) is 10.7. The maximum Gasteiger partial charge on any atom is 0.293 e. The lowest BCUT2D eigenvalue weighted by Gasteiger charge is -2.21. The molecule has 7 heteroatoms. The molecule has 0 aliphatic carbocycles. The summed E-state index contributed by atoms with van der Waals surface area (Å²) in [6.45, 7) is 8.19. The summed E-state index contributed by atoms with van der Waals surface area (Å²) in [5.74, 6) is -0.612. The molecular formula is C21H28ClN4O2+. The Bertz CT molecular complexity index is 774. The summed E-state index contributed by atoms with van der Waals surface area (Å²) in [7, 11) is 0. The molecule has 0 bridgehead atoms. The van der Waals surface area contributed by atoms with Crippen molar-refractivity contribution in [2.45, 2.75) is 26.8 Å². The van der Waals surface area contributed by atoms with Crippen LogP contribution in [0.2, 0.25) is 5.02 Å². The Morgan fingerprint density at radius 3 is 2.18 bits per heavy atom. The highest BCUT2D eigenvalue weighted by atomic mass is 35.5. The van der Waals surface area contributed by atoms with Gasteiger partial charge in [0.05, 0.1) is 0 Å². The maximum atomic E-state index is 12.2. The van der Waals surface area contributed by atoms with Crippen molar-refractivity contribution in [3.8, 4) is 0 Å². The van der Waals surface area contributed by atoms with E-state index >= 15 is 0 Å². The summed E-state index contributed by atoms with van der Waals surface area (Å²) in [6, 6.07) is 15.0. The van der Waals surface area contributed by atoms with E-state index in [9.17, 15) is 9.59 Å². The fourth-order valence-electron chi connectivity index (χ4n) is 2.85. The zero-order valence-electron chi connectivity index (χ0n) is 16.5. The minimum absolute atomic E-state index is 0.103. The number of quaternary nitrogens is 1. The first-order valence-electron chi connectivity index (χ1n) is 9.47. The molecular weight excluding hydrogens is 376 g/mol. The minimum Gasteiger partial charge on any atom is -0.372 e. The van der Waals surface area contributed by atoms with Crippen molar-refractivity contribution in [1.82, 2.24) is 10.9 Å². The van der Waals surface area contributed by atoms with Gasteiger partial charge in [0.15, 0.2) is 6.54 Å². The van der Waals surface area contributed by atoms with Gasteiger partial charge in [-0.3, -0.25) is 20.4 Å². The molecule has 0 unspecified atom stereocenters. The quantitative estimate of drug-likeness (QED) is 0.592. The topological polar surface area (TPSA) is 78.1 Å². The van der Waals surface area contributed by atoms with Crippen molar-refractivity contribution in [2.24, 2.45) is 0 Å². The zero-order valence-corrected chi connectivity index (χ0v) is 17.3. The normalized spacial score (nSPS) is 11.6. The fourth-order valence-corrected chi connectivity index (χ4v) is 2.97. The smallest absolute Gasteiger partial charge is 0.293 e. The lowest BCUT2D eigenvalue weighted by Crippen LogP contribution is -2.87. The Kier molecular flexibility index (Phi) is 8.29. The number of nitrogens with one attached hydrogen (secondary N) is 2. The van der Waals surface area contributed by atoms with Gasteiger partial charge in [-0.1, -0.05) is 23.7 Å². The van der Waals surface area contributed by atoms with Crippen LogP contribution in [0.15, 0.2) is 48.5 Å². The molecule has 0 aliphatic rings. The third kappa shape index (κ3) is 6.25. The van der Waals surface area contributed by atoms with Crippen LogP contribution < -0.4 is 21.1 Å². The molecule has 2 rings (SSSR count). The number of halogens is 1. The van der Waals surface area contributed by atoms with Gasteiger partial charge in [-0.2, -0.15) is 0 Å².